The van der Waals surface area contributed by atoms with E-state index in [4.69, 9.17) is 0 Å². The highest BCUT2D eigenvalue weighted by molar-refractivity contribution is 6.94. The molecule has 1 aliphatic carbocycles. The first-order valence-electron chi connectivity index (χ1n) is 23.0. The fourth-order valence-corrected chi connectivity index (χ4v) is 11.8. The molecule has 0 N–H and O–H groups in total. The molecule has 0 saturated carbocycles. The third-order valence-electron chi connectivity index (χ3n) is 15.3. The zero-order valence-electron chi connectivity index (χ0n) is 38.4. The van der Waals surface area contributed by atoms with Gasteiger partial charge in [-0.05, 0) is 126 Å². The van der Waals surface area contributed by atoms with E-state index in [0.717, 1.165) is 0 Å². The number of fused-ring (bicyclic) bond motifs is 11. The van der Waals surface area contributed by atoms with E-state index >= 15 is 0 Å². The summed E-state index contributed by atoms with van der Waals surface area (Å²) in [5.74, 6) is 0. The second-order valence-electron chi connectivity index (χ2n) is 21.8. The summed E-state index contributed by atoms with van der Waals surface area (Å²) in [6, 6.07) is 58.7. The second-order valence-corrected chi connectivity index (χ2v) is 21.8. The molecule has 3 heterocycles. The number of aromatic nitrogens is 1. The molecule has 2 nitrogen and oxygen atoms in total. The number of benzene rings is 8. The van der Waals surface area contributed by atoms with Crippen LogP contribution in [-0.2, 0) is 21.7 Å². The lowest BCUT2D eigenvalue weighted by molar-refractivity contribution is 0.521. The molecule has 0 saturated heterocycles. The molecule has 0 radical (unpaired) electrons. The van der Waals surface area contributed by atoms with Gasteiger partial charge >= 0.3 is 6.85 Å². The maximum atomic E-state index is 2.73. The van der Waals surface area contributed by atoms with E-state index in [1.807, 2.05) is 0 Å². The van der Waals surface area contributed by atoms with Crippen LogP contribution in [-0.4, -0.2) is 11.4 Å². The first kappa shape index (κ1) is 38.4. The van der Waals surface area contributed by atoms with E-state index in [-0.39, 0.29) is 28.5 Å². The van der Waals surface area contributed by atoms with Gasteiger partial charge in [-0.1, -0.05) is 172 Å². The van der Waals surface area contributed by atoms with Crippen LogP contribution in [0, 0.1) is 0 Å². The molecule has 3 aliphatic rings. The van der Waals surface area contributed by atoms with Crippen molar-refractivity contribution in [3.8, 4) is 27.9 Å². The molecule has 0 atom stereocenters. The van der Waals surface area contributed by atoms with E-state index < -0.39 is 0 Å². The van der Waals surface area contributed by atoms with Gasteiger partial charge in [-0.15, -0.1) is 0 Å². The minimum atomic E-state index is -0.197. The fraction of sp³-hybridized carbons (Fsp3) is 0.233. The van der Waals surface area contributed by atoms with Gasteiger partial charge in [0.05, 0.1) is 16.7 Å². The van der Waals surface area contributed by atoms with Crippen LogP contribution in [0.4, 0.5) is 11.4 Å². The van der Waals surface area contributed by atoms with Crippen LogP contribution in [0.2, 0.25) is 0 Å². The second kappa shape index (κ2) is 12.7. The van der Waals surface area contributed by atoms with Gasteiger partial charge in [0.2, 0.25) is 0 Å². The first-order chi connectivity index (χ1) is 30.0. The van der Waals surface area contributed by atoms with E-state index in [0.29, 0.717) is 0 Å². The largest absolute Gasteiger partial charge is 0.376 e. The van der Waals surface area contributed by atoms with Crippen LogP contribution in [0.1, 0.15) is 103 Å². The molecule has 0 bridgehead atoms. The minimum absolute atomic E-state index is 0.0150. The first-order valence-corrected chi connectivity index (χ1v) is 23.0. The number of anilines is 2. The van der Waals surface area contributed by atoms with E-state index in [9.17, 15) is 0 Å². The van der Waals surface area contributed by atoms with Crippen molar-refractivity contribution in [1.82, 2.24) is 4.57 Å². The van der Waals surface area contributed by atoms with Gasteiger partial charge in [0.15, 0.2) is 0 Å². The highest BCUT2D eigenvalue weighted by Gasteiger charge is 2.48. The minimum Gasteiger partial charge on any atom is -0.376 e. The maximum absolute atomic E-state index is 2.73. The van der Waals surface area contributed by atoms with Crippen molar-refractivity contribution >= 4 is 61.7 Å². The average Bonchev–Trinajstić information content (AvgIpc) is 3.60. The smallest absolute Gasteiger partial charge is 0.333 e. The van der Waals surface area contributed by atoms with E-state index in [1.165, 1.54) is 116 Å². The Labute approximate surface area is 373 Å². The molecule has 0 amide bonds. The van der Waals surface area contributed by atoms with Crippen molar-refractivity contribution in [3.05, 3.63) is 185 Å². The Hall–Kier alpha value is -6.32. The Morgan fingerprint density at radius 3 is 1.76 bits per heavy atom. The molecular formula is C60H55BN2. The average molecular weight is 815 g/mol. The summed E-state index contributed by atoms with van der Waals surface area (Å²) in [7, 11) is 0. The Balaban J connectivity index is 1.26. The Morgan fingerprint density at radius 1 is 0.476 bits per heavy atom. The summed E-state index contributed by atoms with van der Waals surface area (Å²) >= 11 is 0. The normalized spacial score (nSPS) is 15.7. The van der Waals surface area contributed by atoms with Gasteiger partial charge in [0, 0.05) is 43.9 Å². The highest BCUT2D eigenvalue weighted by Crippen LogP contribution is 2.55. The zero-order valence-corrected chi connectivity index (χ0v) is 38.4. The third kappa shape index (κ3) is 5.26. The van der Waals surface area contributed by atoms with Gasteiger partial charge in [-0.3, -0.25) is 0 Å². The van der Waals surface area contributed by atoms with Crippen LogP contribution in [0.3, 0.4) is 0 Å². The predicted octanol–water partition coefficient (Wildman–Crippen LogP) is 14.4. The molecule has 0 spiro atoms. The summed E-state index contributed by atoms with van der Waals surface area (Å²) in [5.41, 5.74) is 22.2. The molecular weight excluding hydrogens is 759 g/mol. The number of rotatable bonds is 2. The molecule has 63 heavy (non-hydrogen) atoms. The van der Waals surface area contributed by atoms with E-state index in [2.05, 4.69) is 230 Å². The molecule has 3 heteroatoms. The Morgan fingerprint density at radius 2 is 1.08 bits per heavy atom. The van der Waals surface area contributed by atoms with Gasteiger partial charge < -0.3 is 9.38 Å². The maximum Gasteiger partial charge on any atom is 0.333 e. The van der Waals surface area contributed by atoms with Crippen LogP contribution in [0.15, 0.2) is 152 Å². The van der Waals surface area contributed by atoms with Crippen molar-refractivity contribution in [1.29, 1.82) is 0 Å². The Kier molecular flexibility index (Phi) is 7.71. The molecule has 0 unspecified atom stereocenters. The van der Waals surface area contributed by atoms with Crippen LogP contribution < -0.4 is 15.7 Å². The summed E-state index contributed by atoms with van der Waals surface area (Å²) in [4.78, 5) is 2.73. The van der Waals surface area contributed by atoms with Gasteiger partial charge in [-0.25, -0.2) is 0 Å². The van der Waals surface area contributed by atoms with Crippen molar-refractivity contribution in [2.24, 2.45) is 0 Å². The predicted molar refractivity (Wildman–Crippen MR) is 271 cm³/mol. The van der Waals surface area contributed by atoms with Gasteiger partial charge in [0.1, 0.15) is 0 Å². The monoisotopic (exact) mass is 814 g/mol. The van der Waals surface area contributed by atoms with Crippen molar-refractivity contribution in [3.63, 3.8) is 0 Å². The lowest BCUT2D eigenvalue weighted by atomic mass is 9.43. The Bertz CT molecular complexity index is 3400. The lowest BCUT2D eigenvalue weighted by Gasteiger charge is -2.47. The molecule has 12 rings (SSSR count). The summed E-state index contributed by atoms with van der Waals surface area (Å²) < 4.78 is 2.67. The van der Waals surface area contributed by atoms with Crippen molar-refractivity contribution in [2.75, 3.05) is 4.81 Å². The van der Waals surface area contributed by atoms with Crippen molar-refractivity contribution < 1.29 is 0 Å². The van der Waals surface area contributed by atoms with Crippen molar-refractivity contribution in [2.45, 2.75) is 90.9 Å². The van der Waals surface area contributed by atoms with Crippen LogP contribution in [0.5, 0.6) is 0 Å². The summed E-state index contributed by atoms with van der Waals surface area (Å²) in [5, 5.41) is 5.24. The molecule has 2 aliphatic heterocycles. The summed E-state index contributed by atoms with van der Waals surface area (Å²) in [6.07, 6.45) is 0. The standard InChI is InChI=1S/C60H55BN2/c1-57(2,3)39-26-29-52-43(31-39)46-32-40(58(4,5)6)33-51-55(46)62(52)56-42-21-15-14-20-38(42)30-45-44-34-49-50(60(9,10)48-23-17-16-22-47(48)59(49,7)8)35-53(44)63(61(51)54(45)56)41-27-24-37(25-28-41)36-18-12-11-13-19-36/h11-35H,1-10H3. The van der Waals surface area contributed by atoms with E-state index in [1.54, 1.807) is 0 Å². The quantitative estimate of drug-likeness (QED) is 0.158. The highest BCUT2D eigenvalue weighted by atomic mass is 15.1. The van der Waals surface area contributed by atoms with Crippen LogP contribution >= 0.6 is 0 Å². The molecule has 308 valence electrons. The van der Waals surface area contributed by atoms with Crippen LogP contribution in [0.25, 0.3) is 60.5 Å². The molecule has 1 aromatic heterocycles. The number of hydrogen-bond donors (Lipinski definition) is 0. The SMILES string of the molecule is CC(C)(C)c1ccc2c(c1)c1cc(C(C)(C)C)cc3c1n2-c1c2c(cc4ccccc14)-c1cc4c(cc1N(c1ccc(-c5ccccc5)cc1)B23)C(C)(C)c1ccccc1C4(C)C. The molecule has 9 aromatic rings. The summed E-state index contributed by atoms with van der Waals surface area (Å²) in [6.45, 7) is 23.8. The third-order valence-corrected chi connectivity index (χ3v) is 15.3. The lowest BCUT2D eigenvalue weighted by Crippen LogP contribution is -2.61. The topological polar surface area (TPSA) is 8.17 Å². The number of nitrogens with zero attached hydrogens (tertiary/aromatic N) is 2. The zero-order chi connectivity index (χ0) is 43.5. The fourth-order valence-electron chi connectivity index (χ4n) is 11.8. The number of hydrogen-bond acceptors (Lipinski definition) is 1. The van der Waals surface area contributed by atoms with Gasteiger partial charge in [0.25, 0.3) is 0 Å². The molecule has 8 aromatic carbocycles. The van der Waals surface area contributed by atoms with Gasteiger partial charge in [-0.2, -0.15) is 0 Å². The molecule has 0 fully saturated rings.